The summed E-state index contributed by atoms with van der Waals surface area (Å²) in [5, 5.41) is 2.32. The van der Waals surface area contributed by atoms with Gasteiger partial charge in [-0.05, 0) is 32.8 Å². The molecule has 2 nitrogen and oxygen atoms in total. The zero-order valence-electron chi connectivity index (χ0n) is 9.77. The molecule has 2 aromatic carbocycles. The van der Waals surface area contributed by atoms with E-state index >= 15 is 0 Å². The molecule has 0 spiro atoms. The molecule has 0 aliphatic carbocycles. The zero-order chi connectivity index (χ0) is 13.2. The van der Waals surface area contributed by atoms with E-state index in [1.54, 1.807) is 6.20 Å². The second-order valence-corrected chi connectivity index (χ2v) is 6.46. The normalized spacial score (nSPS) is 10.8. The number of aromatic nitrogens is 1. The average molecular weight is 355 g/mol. The molecule has 96 valence electrons. The van der Waals surface area contributed by atoms with Gasteiger partial charge < -0.3 is 4.74 Å². The summed E-state index contributed by atoms with van der Waals surface area (Å²) in [6.07, 6.45) is 1.74. The Hall–Kier alpha value is -1.10. The van der Waals surface area contributed by atoms with Crippen LogP contribution in [0.15, 0.2) is 47.1 Å². The molecule has 3 rings (SSSR count). The summed E-state index contributed by atoms with van der Waals surface area (Å²) >= 11 is 10.8. The lowest BCUT2D eigenvalue weighted by atomic mass is 10.1. The van der Waals surface area contributed by atoms with E-state index in [-0.39, 0.29) is 0 Å². The molecule has 0 aliphatic rings. The zero-order valence-corrected chi connectivity index (χ0v) is 12.9. The fourth-order valence-electron chi connectivity index (χ4n) is 1.82. The quantitative estimate of drug-likeness (QED) is 0.637. The molecule has 0 bridgehead atoms. The highest BCUT2D eigenvalue weighted by atomic mass is 79.9. The standard InChI is InChI=1S/C14H9BrClNOS/c15-13-11-4-2-1-3-9(11)5-6-12(13)18-8-10-7-17-14(16)19-10/h1-7H,8H2. The van der Waals surface area contributed by atoms with Gasteiger partial charge >= 0.3 is 0 Å². The van der Waals surface area contributed by atoms with Crippen molar-refractivity contribution in [3.63, 3.8) is 0 Å². The van der Waals surface area contributed by atoms with Gasteiger partial charge in [-0.2, -0.15) is 0 Å². The van der Waals surface area contributed by atoms with Crippen LogP contribution in [0.5, 0.6) is 5.75 Å². The first-order valence-electron chi connectivity index (χ1n) is 5.64. The van der Waals surface area contributed by atoms with Crippen LogP contribution in [-0.4, -0.2) is 4.98 Å². The Kier molecular flexibility index (Phi) is 3.73. The second-order valence-electron chi connectivity index (χ2n) is 3.97. The summed E-state index contributed by atoms with van der Waals surface area (Å²) in [5.41, 5.74) is 0. The van der Waals surface area contributed by atoms with Gasteiger partial charge in [0.2, 0.25) is 0 Å². The summed E-state index contributed by atoms with van der Waals surface area (Å²) in [6.45, 7) is 0.474. The Balaban J connectivity index is 1.87. The van der Waals surface area contributed by atoms with Crippen molar-refractivity contribution in [3.8, 4) is 5.75 Å². The maximum atomic E-state index is 5.81. The largest absolute Gasteiger partial charge is 0.487 e. The Morgan fingerprint density at radius 2 is 2.05 bits per heavy atom. The van der Waals surface area contributed by atoms with Crippen LogP contribution in [0, 0.1) is 0 Å². The maximum absolute atomic E-state index is 5.81. The van der Waals surface area contributed by atoms with Crippen LogP contribution >= 0.6 is 38.9 Å². The van der Waals surface area contributed by atoms with Crippen molar-refractivity contribution in [2.45, 2.75) is 6.61 Å². The summed E-state index contributed by atoms with van der Waals surface area (Å²) in [4.78, 5) is 5.00. The van der Waals surface area contributed by atoms with Crippen LogP contribution in [0.2, 0.25) is 4.47 Å². The van der Waals surface area contributed by atoms with E-state index in [9.17, 15) is 0 Å². The minimum atomic E-state index is 0.474. The SMILES string of the molecule is Clc1ncc(COc2ccc3ccccc3c2Br)s1. The molecule has 1 aromatic heterocycles. The van der Waals surface area contributed by atoms with Crippen LogP contribution in [0.25, 0.3) is 10.8 Å². The number of ether oxygens (including phenoxy) is 1. The summed E-state index contributed by atoms with van der Waals surface area (Å²) in [6, 6.07) is 12.2. The molecule has 0 amide bonds. The predicted octanol–water partition coefficient (Wildman–Crippen LogP) is 5.29. The smallest absolute Gasteiger partial charge is 0.183 e. The van der Waals surface area contributed by atoms with Crippen molar-refractivity contribution in [1.82, 2.24) is 4.98 Å². The monoisotopic (exact) mass is 353 g/mol. The third-order valence-electron chi connectivity index (χ3n) is 2.72. The molecule has 19 heavy (non-hydrogen) atoms. The first-order chi connectivity index (χ1) is 9.24. The number of thiazole rings is 1. The molecule has 0 atom stereocenters. The molecule has 0 radical (unpaired) electrons. The lowest BCUT2D eigenvalue weighted by Crippen LogP contribution is -1.94. The maximum Gasteiger partial charge on any atom is 0.183 e. The van der Waals surface area contributed by atoms with Crippen molar-refractivity contribution in [2.75, 3.05) is 0 Å². The number of hydrogen-bond acceptors (Lipinski definition) is 3. The van der Waals surface area contributed by atoms with E-state index in [0.717, 1.165) is 20.5 Å². The van der Waals surface area contributed by atoms with Gasteiger partial charge in [-0.15, -0.1) is 11.3 Å². The first-order valence-corrected chi connectivity index (χ1v) is 7.63. The minimum absolute atomic E-state index is 0.474. The van der Waals surface area contributed by atoms with Gasteiger partial charge in [0.25, 0.3) is 0 Å². The highest BCUT2D eigenvalue weighted by Crippen LogP contribution is 2.33. The summed E-state index contributed by atoms with van der Waals surface area (Å²) in [5.74, 6) is 0.822. The molecule has 0 aliphatic heterocycles. The number of hydrogen-bond donors (Lipinski definition) is 0. The molecular formula is C14H9BrClNOS. The van der Waals surface area contributed by atoms with E-state index in [1.165, 1.54) is 16.7 Å². The van der Waals surface area contributed by atoms with E-state index in [2.05, 4.69) is 39.1 Å². The van der Waals surface area contributed by atoms with Crippen LogP contribution < -0.4 is 4.74 Å². The van der Waals surface area contributed by atoms with Crippen LogP contribution in [0.1, 0.15) is 4.88 Å². The molecule has 5 heteroatoms. The van der Waals surface area contributed by atoms with Crippen molar-refractivity contribution < 1.29 is 4.74 Å². The Labute approximate surface area is 128 Å². The Morgan fingerprint density at radius 1 is 1.21 bits per heavy atom. The van der Waals surface area contributed by atoms with Crippen LogP contribution in [-0.2, 0) is 6.61 Å². The number of fused-ring (bicyclic) bond motifs is 1. The Bertz CT molecular complexity index is 728. The number of rotatable bonds is 3. The lowest BCUT2D eigenvalue weighted by molar-refractivity contribution is 0.308. The van der Waals surface area contributed by atoms with Crippen molar-refractivity contribution >= 4 is 49.6 Å². The topological polar surface area (TPSA) is 22.1 Å². The van der Waals surface area contributed by atoms with E-state index in [0.29, 0.717) is 11.1 Å². The van der Waals surface area contributed by atoms with Crippen molar-refractivity contribution in [1.29, 1.82) is 0 Å². The third-order valence-corrected chi connectivity index (χ3v) is 4.63. The third kappa shape index (κ3) is 2.76. The molecule has 0 unspecified atom stereocenters. The molecule has 1 heterocycles. The van der Waals surface area contributed by atoms with Crippen molar-refractivity contribution in [3.05, 3.63) is 56.4 Å². The van der Waals surface area contributed by atoms with Crippen molar-refractivity contribution in [2.24, 2.45) is 0 Å². The number of halogens is 2. The van der Waals surface area contributed by atoms with Crippen LogP contribution in [0.3, 0.4) is 0 Å². The van der Waals surface area contributed by atoms with Gasteiger partial charge in [0.1, 0.15) is 12.4 Å². The van der Waals surface area contributed by atoms with Gasteiger partial charge in [-0.1, -0.05) is 41.9 Å². The van der Waals surface area contributed by atoms with Crippen LogP contribution in [0.4, 0.5) is 0 Å². The molecule has 0 fully saturated rings. The van der Waals surface area contributed by atoms with Gasteiger partial charge in [0.05, 0.1) is 9.35 Å². The highest BCUT2D eigenvalue weighted by molar-refractivity contribution is 9.10. The number of nitrogens with zero attached hydrogens (tertiary/aromatic N) is 1. The Morgan fingerprint density at radius 3 is 2.84 bits per heavy atom. The summed E-state index contributed by atoms with van der Waals surface area (Å²) < 4.78 is 7.32. The number of benzene rings is 2. The second kappa shape index (κ2) is 5.49. The minimum Gasteiger partial charge on any atom is -0.487 e. The molecule has 0 saturated carbocycles. The fourth-order valence-corrected chi connectivity index (χ4v) is 3.32. The summed E-state index contributed by atoms with van der Waals surface area (Å²) in [7, 11) is 0. The predicted molar refractivity (Wildman–Crippen MR) is 83.1 cm³/mol. The molecular weight excluding hydrogens is 346 g/mol. The fraction of sp³-hybridized carbons (Fsp3) is 0.0714. The van der Waals surface area contributed by atoms with Gasteiger partial charge in [-0.25, -0.2) is 4.98 Å². The van der Waals surface area contributed by atoms with Gasteiger partial charge in [0, 0.05) is 6.20 Å². The highest BCUT2D eigenvalue weighted by Gasteiger charge is 2.07. The van der Waals surface area contributed by atoms with E-state index in [1.807, 2.05) is 18.2 Å². The molecule has 0 N–H and O–H groups in total. The molecule has 3 aromatic rings. The van der Waals surface area contributed by atoms with Gasteiger partial charge in [0.15, 0.2) is 4.47 Å². The molecule has 0 saturated heterocycles. The lowest BCUT2D eigenvalue weighted by Gasteiger charge is -2.09. The van der Waals surface area contributed by atoms with E-state index < -0.39 is 0 Å². The van der Waals surface area contributed by atoms with E-state index in [4.69, 9.17) is 16.3 Å². The van der Waals surface area contributed by atoms with Gasteiger partial charge in [-0.3, -0.25) is 0 Å². The average Bonchev–Trinajstić information content (AvgIpc) is 2.84. The first kappa shape index (κ1) is 12.9.